The highest BCUT2D eigenvalue weighted by Gasteiger charge is 2.34. The van der Waals surface area contributed by atoms with Gasteiger partial charge in [0.25, 0.3) is 0 Å². The van der Waals surface area contributed by atoms with E-state index in [4.69, 9.17) is 34.2 Å². The van der Waals surface area contributed by atoms with Crippen molar-refractivity contribution in [3.8, 4) is 17.5 Å². The average Bonchev–Trinajstić information content (AvgIpc) is 2.72. The molecule has 140 valence electrons. The van der Waals surface area contributed by atoms with E-state index in [9.17, 15) is 26.3 Å². The summed E-state index contributed by atoms with van der Waals surface area (Å²) in [5, 5.41) is 8.23. The summed E-state index contributed by atoms with van der Waals surface area (Å²) in [5.74, 6) is -1.23. The van der Waals surface area contributed by atoms with Gasteiger partial charge in [-0.05, 0) is 11.8 Å². The van der Waals surface area contributed by atoms with Crippen molar-refractivity contribution in [1.82, 2.24) is 4.57 Å². The number of benzene rings is 1. The van der Waals surface area contributed by atoms with Crippen LogP contribution in [0.25, 0.3) is 5.69 Å². The lowest BCUT2D eigenvalue weighted by molar-refractivity contribution is -0.274. The molecule has 0 fully saturated rings. The van der Waals surface area contributed by atoms with Gasteiger partial charge in [-0.15, -0.1) is 13.2 Å². The summed E-state index contributed by atoms with van der Waals surface area (Å²) in [4.78, 5) is -0.581. The fourth-order valence-corrected chi connectivity index (χ4v) is 3.25. The second-order valence-corrected chi connectivity index (χ2v) is 6.46. The molecule has 2 N–H and O–H groups in total. The number of anilines is 1. The van der Waals surface area contributed by atoms with Crippen molar-refractivity contribution >= 4 is 40.8 Å². The number of ether oxygens (including phenoxy) is 1. The van der Waals surface area contributed by atoms with Crippen molar-refractivity contribution in [2.45, 2.75) is 16.8 Å². The fourth-order valence-electron chi connectivity index (χ4n) is 1.96. The van der Waals surface area contributed by atoms with E-state index in [2.05, 4.69) is 4.74 Å². The van der Waals surface area contributed by atoms with E-state index in [1.807, 2.05) is 0 Å². The molecule has 0 atom stereocenters. The van der Waals surface area contributed by atoms with Gasteiger partial charge >= 0.3 is 11.9 Å². The largest absolute Gasteiger partial charge is 0.573 e. The van der Waals surface area contributed by atoms with Crippen LogP contribution in [-0.4, -0.2) is 16.4 Å². The molecule has 1 aromatic heterocycles. The Morgan fingerprint density at radius 2 is 1.65 bits per heavy atom. The zero-order chi connectivity index (χ0) is 19.9. The van der Waals surface area contributed by atoms with Gasteiger partial charge in [-0.2, -0.15) is 18.4 Å². The van der Waals surface area contributed by atoms with Gasteiger partial charge in [0.2, 0.25) is 0 Å². The zero-order valence-corrected chi connectivity index (χ0v) is 14.4. The maximum Gasteiger partial charge on any atom is 0.573 e. The molecule has 2 rings (SSSR count). The number of nitrogen functional groups attached to an aromatic ring is 1. The molecule has 1 heterocycles. The molecule has 0 saturated carbocycles. The number of nitrogens with two attached hydrogens (primary N) is 1. The summed E-state index contributed by atoms with van der Waals surface area (Å²) >= 11 is 11.2. The number of thioether (sulfide) groups is 1. The van der Waals surface area contributed by atoms with Crippen LogP contribution in [0.1, 0.15) is 5.56 Å². The number of aromatic nitrogens is 1. The van der Waals surface area contributed by atoms with E-state index in [0.29, 0.717) is 0 Å². The Morgan fingerprint density at radius 1 is 1.12 bits per heavy atom. The molecule has 0 spiro atoms. The minimum absolute atomic E-state index is 0.203. The molecule has 0 aliphatic heterocycles. The van der Waals surface area contributed by atoms with Crippen LogP contribution >= 0.6 is 35.0 Å². The second-order valence-electron chi connectivity index (χ2n) is 4.57. The third kappa shape index (κ3) is 4.63. The van der Waals surface area contributed by atoms with E-state index in [1.165, 1.54) is 0 Å². The number of alkyl halides is 6. The molecule has 0 saturated heterocycles. The highest BCUT2D eigenvalue weighted by molar-refractivity contribution is 8.00. The first-order chi connectivity index (χ1) is 11.8. The smallest absolute Gasteiger partial charge is 0.406 e. The van der Waals surface area contributed by atoms with Crippen molar-refractivity contribution in [3.63, 3.8) is 0 Å². The Bertz CT molecular complexity index is 865. The van der Waals surface area contributed by atoms with Crippen LogP contribution in [0, 0.1) is 11.3 Å². The number of nitriles is 1. The molecular formula is C13H5Cl2F6N3OS. The normalized spacial score (nSPS) is 12.1. The summed E-state index contributed by atoms with van der Waals surface area (Å²) in [5.41, 5.74) is 0.328. The van der Waals surface area contributed by atoms with Crippen molar-refractivity contribution in [1.29, 1.82) is 5.26 Å². The van der Waals surface area contributed by atoms with Crippen molar-refractivity contribution in [3.05, 3.63) is 33.9 Å². The standard InChI is InChI=1S/C13H5Cl2F6N3OS/c14-7-1-6(25-12(16,17)18)2-8(15)9(7)24-4-5(3-22)10(11(24)23)26-13(19,20)21/h1-2,4H,23H2. The van der Waals surface area contributed by atoms with E-state index in [1.54, 1.807) is 6.07 Å². The first kappa shape index (κ1) is 20.4. The molecule has 0 radical (unpaired) electrons. The van der Waals surface area contributed by atoms with Gasteiger partial charge in [-0.25, -0.2) is 0 Å². The molecule has 0 aliphatic rings. The lowest BCUT2D eigenvalue weighted by Gasteiger charge is -2.14. The summed E-state index contributed by atoms with van der Waals surface area (Å²) < 4.78 is 79.3. The minimum Gasteiger partial charge on any atom is -0.406 e. The van der Waals surface area contributed by atoms with Crippen LogP contribution in [0.3, 0.4) is 0 Å². The van der Waals surface area contributed by atoms with Gasteiger partial charge in [0.05, 0.1) is 26.2 Å². The molecule has 0 amide bonds. The second kappa shape index (κ2) is 7.02. The Kier molecular flexibility index (Phi) is 5.51. The van der Waals surface area contributed by atoms with Crippen LogP contribution in [-0.2, 0) is 0 Å². The van der Waals surface area contributed by atoms with Crippen LogP contribution < -0.4 is 10.5 Å². The van der Waals surface area contributed by atoms with Gasteiger partial charge in [-0.1, -0.05) is 23.2 Å². The Balaban J connectivity index is 2.58. The van der Waals surface area contributed by atoms with Crippen molar-refractivity contribution in [2.75, 3.05) is 5.73 Å². The molecule has 4 nitrogen and oxygen atoms in total. The molecular weight excluding hydrogens is 431 g/mol. The van der Waals surface area contributed by atoms with Gasteiger partial charge < -0.3 is 10.5 Å². The summed E-state index contributed by atoms with van der Waals surface area (Å²) in [6.07, 6.45) is -4.05. The molecule has 2 aromatic rings. The Hall–Kier alpha value is -1.90. The number of rotatable bonds is 3. The first-order valence-corrected chi connectivity index (χ1v) is 7.81. The third-order valence-corrected chi connectivity index (χ3v) is 4.24. The van der Waals surface area contributed by atoms with Crippen molar-refractivity contribution < 1.29 is 31.1 Å². The predicted molar refractivity (Wildman–Crippen MR) is 83.5 cm³/mol. The lowest BCUT2D eigenvalue weighted by Crippen LogP contribution is -2.17. The van der Waals surface area contributed by atoms with Crippen LogP contribution in [0.2, 0.25) is 10.0 Å². The third-order valence-electron chi connectivity index (χ3n) is 2.80. The SMILES string of the molecule is N#Cc1cn(-c2c(Cl)cc(OC(F)(F)F)cc2Cl)c(N)c1SC(F)(F)F. The Labute approximate surface area is 156 Å². The number of halogens is 8. The van der Waals surface area contributed by atoms with Crippen LogP contribution in [0.15, 0.2) is 23.2 Å². The first-order valence-electron chi connectivity index (χ1n) is 6.24. The number of hydrogen-bond acceptors (Lipinski definition) is 4. The van der Waals surface area contributed by atoms with Crippen LogP contribution in [0.5, 0.6) is 5.75 Å². The van der Waals surface area contributed by atoms with E-state index in [0.717, 1.165) is 22.9 Å². The monoisotopic (exact) mass is 435 g/mol. The Morgan fingerprint density at radius 3 is 2.08 bits per heavy atom. The lowest BCUT2D eigenvalue weighted by atomic mass is 10.3. The fraction of sp³-hybridized carbons (Fsp3) is 0.154. The quantitative estimate of drug-likeness (QED) is 0.492. The van der Waals surface area contributed by atoms with Gasteiger partial charge in [-0.3, -0.25) is 4.57 Å². The van der Waals surface area contributed by atoms with Gasteiger partial charge in [0.15, 0.2) is 0 Å². The summed E-state index contributed by atoms with van der Waals surface area (Å²) in [7, 11) is 0. The number of hydrogen-bond donors (Lipinski definition) is 1. The highest BCUT2D eigenvalue weighted by atomic mass is 35.5. The maximum atomic E-state index is 12.6. The summed E-state index contributed by atoms with van der Waals surface area (Å²) in [6, 6.07) is 3.07. The topological polar surface area (TPSA) is 64.0 Å². The molecule has 26 heavy (non-hydrogen) atoms. The van der Waals surface area contributed by atoms with E-state index < -0.39 is 45.7 Å². The maximum absolute atomic E-state index is 12.6. The van der Waals surface area contributed by atoms with Gasteiger partial charge in [0.1, 0.15) is 17.6 Å². The molecule has 0 unspecified atom stereocenters. The number of nitrogens with zero attached hydrogens (tertiary/aromatic N) is 2. The van der Waals surface area contributed by atoms with E-state index in [-0.39, 0.29) is 15.7 Å². The van der Waals surface area contributed by atoms with Crippen molar-refractivity contribution in [2.24, 2.45) is 0 Å². The molecule has 13 heteroatoms. The zero-order valence-electron chi connectivity index (χ0n) is 12.0. The average molecular weight is 436 g/mol. The van der Waals surface area contributed by atoms with Gasteiger partial charge in [0, 0.05) is 18.3 Å². The summed E-state index contributed by atoms with van der Waals surface area (Å²) in [6.45, 7) is 0. The predicted octanol–water partition coefficient (Wildman–Crippen LogP) is 5.75. The minimum atomic E-state index is -4.99. The molecule has 0 aliphatic carbocycles. The van der Waals surface area contributed by atoms with Crippen LogP contribution in [0.4, 0.5) is 32.2 Å². The van der Waals surface area contributed by atoms with E-state index >= 15 is 0 Å². The highest BCUT2D eigenvalue weighted by Crippen LogP contribution is 2.45. The molecule has 0 bridgehead atoms. The molecule has 1 aromatic carbocycles.